The van der Waals surface area contributed by atoms with E-state index in [2.05, 4.69) is 35.3 Å². The Morgan fingerprint density at radius 2 is 2.20 bits per heavy atom. The van der Waals surface area contributed by atoms with Gasteiger partial charge in [-0.1, -0.05) is 0 Å². The number of fused-ring (bicyclic) bond motifs is 1. The summed E-state index contributed by atoms with van der Waals surface area (Å²) in [5.74, 6) is 1.07. The molecule has 3 aromatic rings. The SMILES string of the molecule is N[C@H]1C[C@@H](Cn2ncc3ncc(Nc4cc(OC(F)F)[nH]n4)nc32)C1. The summed E-state index contributed by atoms with van der Waals surface area (Å²) in [6.45, 7) is -2.18. The van der Waals surface area contributed by atoms with Crippen LogP contribution >= 0.6 is 0 Å². The number of H-pyrrole nitrogens is 1. The van der Waals surface area contributed by atoms with Gasteiger partial charge in [-0.05, 0) is 18.8 Å². The molecular formula is C14H16F2N8O. The highest BCUT2D eigenvalue weighted by Gasteiger charge is 2.27. The van der Waals surface area contributed by atoms with Gasteiger partial charge in [-0.2, -0.15) is 19.0 Å². The van der Waals surface area contributed by atoms with E-state index in [0.717, 1.165) is 19.4 Å². The van der Waals surface area contributed by atoms with Crippen molar-refractivity contribution in [3.05, 3.63) is 18.5 Å². The lowest BCUT2D eigenvalue weighted by Crippen LogP contribution is -2.38. The van der Waals surface area contributed by atoms with Gasteiger partial charge in [0.05, 0.1) is 12.4 Å². The van der Waals surface area contributed by atoms with Gasteiger partial charge >= 0.3 is 6.61 Å². The fourth-order valence-corrected chi connectivity index (χ4v) is 2.88. The van der Waals surface area contributed by atoms with Gasteiger partial charge in [0.1, 0.15) is 5.52 Å². The van der Waals surface area contributed by atoms with Crippen molar-refractivity contribution in [2.45, 2.75) is 32.0 Å². The average molecular weight is 350 g/mol. The molecule has 0 saturated heterocycles. The van der Waals surface area contributed by atoms with Crippen LogP contribution in [0.2, 0.25) is 0 Å². The second-order valence-electron chi connectivity index (χ2n) is 6.01. The second-order valence-corrected chi connectivity index (χ2v) is 6.01. The first-order valence-electron chi connectivity index (χ1n) is 7.78. The Balaban J connectivity index is 1.51. The third-order valence-corrected chi connectivity index (χ3v) is 4.08. The highest BCUT2D eigenvalue weighted by Crippen LogP contribution is 2.28. The maximum Gasteiger partial charge on any atom is 0.388 e. The molecule has 4 N–H and O–H groups in total. The molecule has 0 spiro atoms. The molecule has 132 valence electrons. The van der Waals surface area contributed by atoms with Crippen LogP contribution < -0.4 is 15.8 Å². The number of rotatable bonds is 6. The van der Waals surface area contributed by atoms with Gasteiger partial charge in [0.15, 0.2) is 17.3 Å². The first kappa shape index (κ1) is 15.7. The first-order valence-corrected chi connectivity index (χ1v) is 7.78. The lowest BCUT2D eigenvalue weighted by Gasteiger charge is -2.32. The number of nitrogens with two attached hydrogens (primary N) is 1. The predicted molar refractivity (Wildman–Crippen MR) is 84.5 cm³/mol. The second kappa shape index (κ2) is 6.24. The monoisotopic (exact) mass is 350 g/mol. The third kappa shape index (κ3) is 3.36. The number of hydrogen-bond donors (Lipinski definition) is 3. The molecular weight excluding hydrogens is 334 g/mol. The molecule has 0 amide bonds. The fourth-order valence-electron chi connectivity index (χ4n) is 2.88. The van der Waals surface area contributed by atoms with E-state index in [1.165, 1.54) is 12.3 Å². The maximum absolute atomic E-state index is 12.2. The third-order valence-electron chi connectivity index (χ3n) is 4.08. The molecule has 0 radical (unpaired) electrons. The summed E-state index contributed by atoms with van der Waals surface area (Å²) < 4.78 is 30.4. The van der Waals surface area contributed by atoms with Crippen LogP contribution in [0.5, 0.6) is 5.88 Å². The Morgan fingerprint density at radius 1 is 1.36 bits per heavy atom. The van der Waals surface area contributed by atoms with Crippen molar-refractivity contribution in [1.82, 2.24) is 29.9 Å². The minimum atomic E-state index is -2.92. The van der Waals surface area contributed by atoms with Crippen LogP contribution in [-0.4, -0.2) is 42.6 Å². The molecule has 1 saturated carbocycles. The minimum Gasteiger partial charge on any atom is -0.417 e. The number of nitrogens with one attached hydrogen (secondary N) is 2. The topological polar surface area (TPSA) is 120 Å². The van der Waals surface area contributed by atoms with Crippen LogP contribution in [-0.2, 0) is 6.54 Å². The molecule has 3 aromatic heterocycles. The van der Waals surface area contributed by atoms with Gasteiger partial charge in [-0.3, -0.25) is 0 Å². The molecule has 0 aliphatic heterocycles. The van der Waals surface area contributed by atoms with Crippen LogP contribution in [0.3, 0.4) is 0 Å². The van der Waals surface area contributed by atoms with Crippen molar-refractivity contribution < 1.29 is 13.5 Å². The quantitative estimate of drug-likeness (QED) is 0.618. The van der Waals surface area contributed by atoms with Gasteiger partial charge in [0, 0.05) is 18.7 Å². The molecule has 1 fully saturated rings. The summed E-state index contributed by atoms with van der Waals surface area (Å²) >= 11 is 0. The predicted octanol–water partition coefficient (Wildman–Crippen LogP) is 1.63. The summed E-state index contributed by atoms with van der Waals surface area (Å²) in [6.07, 6.45) is 5.14. The van der Waals surface area contributed by atoms with Gasteiger partial charge in [0.2, 0.25) is 5.88 Å². The Hall–Kier alpha value is -2.82. The Morgan fingerprint density at radius 3 is 2.96 bits per heavy atom. The smallest absolute Gasteiger partial charge is 0.388 e. The van der Waals surface area contributed by atoms with Crippen LogP contribution in [0.4, 0.5) is 20.4 Å². The van der Waals surface area contributed by atoms with E-state index < -0.39 is 6.61 Å². The highest BCUT2D eigenvalue weighted by molar-refractivity contribution is 5.71. The highest BCUT2D eigenvalue weighted by atomic mass is 19.3. The number of aromatic nitrogens is 6. The number of ether oxygens (including phenoxy) is 1. The van der Waals surface area contributed by atoms with Crippen molar-refractivity contribution in [2.24, 2.45) is 11.7 Å². The van der Waals surface area contributed by atoms with E-state index in [0.29, 0.717) is 28.7 Å². The van der Waals surface area contributed by atoms with Gasteiger partial charge < -0.3 is 15.8 Å². The minimum absolute atomic E-state index is 0.141. The largest absolute Gasteiger partial charge is 0.417 e. The van der Waals surface area contributed by atoms with E-state index in [9.17, 15) is 8.78 Å². The fraction of sp³-hybridized carbons (Fsp3) is 0.429. The Labute approximate surface area is 140 Å². The zero-order chi connectivity index (χ0) is 17.4. The molecule has 4 rings (SSSR count). The van der Waals surface area contributed by atoms with Crippen LogP contribution in [0, 0.1) is 5.92 Å². The van der Waals surface area contributed by atoms with Crippen molar-refractivity contribution >= 4 is 22.8 Å². The number of alkyl halides is 2. The average Bonchev–Trinajstić information content (AvgIpc) is 3.12. The van der Waals surface area contributed by atoms with Crippen molar-refractivity contribution in [3.8, 4) is 5.88 Å². The zero-order valence-corrected chi connectivity index (χ0v) is 13.1. The van der Waals surface area contributed by atoms with E-state index in [4.69, 9.17) is 5.73 Å². The van der Waals surface area contributed by atoms with Crippen LogP contribution in [0.1, 0.15) is 12.8 Å². The first-order chi connectivity index (χ1) is 12.1. The van der Waals surface area contributed by atoms with Crippen molar-refractivity contribution in [2.75, 3.05) is 5.32 Å². The molecule has 25 heavy (non-hydrogen) atoms. The number of hydrogen-bond acceptors (Lipinski definition) is 7. The number of aromatic amines is 1. The number of nitrogens with zero attached hydrogens (tertiary/aromatic N) is 5. The van der Waals surface area contributed by atoms with E-state index in [-0.39, 0.29) is 11.9 Å². The summed E-state index contributed by atoms with van der Waals surface area (Å²) in [6, 6.07) is 1.59. The lowest BCUT2D eigenvalue weighted by atomic mass is 9.81. The van der Waals surface area contributed by atoms with Crippen LogP contribution in [0.25, 0.3) is 11.2 Å². The summed E-state index contributed by atoms with van der Waals surface area (Å²) in [4.78, 5) is 8.78. The number of anilines is 2. The molecule has 0 aromatic carbocycles. The molecule has 0 atom stereocenters. The van der Waals surface area contributed by atoms with Gasteiger partial charge in [-0.25, -0.2) is 19.7 Å². The molecule has 9 nitrogen and oxygen atoms in total. The Kier molecular flexibility index (Phi) is 3.92. The summed E-state index contributed by atoms with van der Waals surface area (Å²) in [5.41, 5.74) is 7.14. The summed E-state index contributed by atoms with van der Waals surface area (Å²) in [7, 11) is 0. The standard InChI is InChI=1S/C14H16F2N8O/c15-14(16)25-12-3-10(22-23-12)20-11-5-18-9-4-19-24(13(9)21-11)6-7-1-8(17)2-7/h3-5,7-8,14H,1-2,6,17H2,(H2,20,21,22,23)/t7-,8+. The van der Waals surface area contributed by atoms with Crippen molar-refractivity contribution in [3.63, 3.8) is 0 Å². The van der Waals surface area contributed by atoms with Crippen molar-refractivity contribution in [1.29, 1.82) is 0 Å². The maximum atomic E-state index is 12.2. The van der Waals surface area contributed by atoms with Gasteiger partial charge in [-0.15, -0.1) is 0 Å². The zero-order valence-electron chi connectivity index (χ0n) is 13.1. The van der Waals surface area contributed by atoms with E-state index >= 15 is 0 Å². The molecule has 11 heteroatoms. The lowest BCUT2D eigenvalue weighted by molar-refractivity contribution is -0.0528. The van der Waals surface area contributed by atoms with Crippen LogP contribution in [0.15, 0.2) is 18.5 Å². The summed E-state index contributed by atoms with van der Waals surface area (Å²) in [5, 5.41) is 13.4. The van der Waals surface area contributed by atoms with E-state index in [1.807, 2.05) is 0 Å². The molecule has 3 heterocycles. The molecule has 0 unspecified atom stereocenters. The molecule has 0 bridgehead atoms. The van der Waals surface area contributed by atoms with Gasteiger partial charge in [0.25, 0.3) is 0 Å². The molecule has 1 aliphatic carbocycles. The Bertz CT molecular complexity index is 873. The number of halogens is 2. The van der Waals surface area contributed by atoms with E-state index in [1.54, 1.807) is 10.9 Å². The molecule has 1 aliphatic rings. The normalized spacial score (nSPS) is 20.0.